The Kier molecular flexibility index (Phi) is 5.97. The van der Waals surface area contributed by atoms with Crippen molar-refractivity contribution in [2.75, 3.05) is 13.1 Å². The maximum atomic E-state index is 12.9. The van der Waals surface area contributed by atoms with Gasteiger partial charge in [0.1, 0.15) is 0 Å². The molecule has 29 heavy (non-hydrogen) atoms. The molecule has 0 N–H and O–H groups in total. The molecule has 0 unspecified atom stereocenters. The first-order valence-electron chi connectivity index (χ1n) is 9.21. The molecule has 1 amide bonds. The highest BCUT2D eigenvalue weighted by atomic mass is 32.2. The van der Waals surface area contributed by atoms with Crippen molar-refractivity contribution in [1.29, 1.82) is 0 Å². The average molecular weight is 426 g/mol. The second kappa shape index (κ2) is 8.14. The van der Waals surface area contributed by atoms with Gasteiger partial charge in [0.25, 0.3) is 5.91 Å². The molecule has 0 saturated carbocycles. The van der Waals surface area contributed by atoms with Crippen LogP contribution in [-0.2, 0) is 16.0 Å². The number of pyridine rings is 1. The molecule has 1 fully saturated rings. The van der Waals surface area contributed by atoms with Crippen LogP contribution in [0.25, 0.3) is 0 Å². The van der Waals surface area contributed by atoms with Crippen LogP contribution in [0.4, 0.5) is 13.2 Å². The summed E-state index contributed by atoms with van der Waals surface area (Å²) < 4.78 is 64.6. The number of amides is 1. The molecule has 2 heterocycles. The molecule has 1 aromatic heterocycles. The Hall–Kier alpha value is -2.42. The topological polar surface area (TPSA) is 67.3 Å². The molecule has 1 saturated heterocycles. The number of piperidine rings is 1. The molecule has 5 nitrogen and oxygen atoms in total. The summed E-state index contributed by atoms with van der Waals surface area (Å²) in [5.74, 6) is -0.405. The van der Waals surface area contributed by atoms with Crippen LogP contribution in [0.2, 0.25) is 0 Å². The van der Waals surface area contributed by atoms with E-state index in [1.807, 2.05) is 0 Å². The summed E-state index contributed by atoms with van der Waals surface area (Å²) >= 11 is 0. The number of aromatic nitrogens is 1. The minimum absolute atomic E-state index is 0.162. The lowest BCUT2D eigenvalue weighted by Gasteiger charge is -2.34. The third-order valence-electron chi connectivity index (χ3n) is 5.38. The van der Waals surface area contributed by atoms with Crippen LogP contribution < -0.4 is 0 Å². The van der Waals surface area contributed by atoms with Gasteiger partial charge in [-0.2, -0.15) is 13.2 Å². The lowest BCUT2D eigenvalue weighted by molar-refractivity contribution is -0.137. The van der Waals surface area contributed by atoms with Crippen molar-refractivity contribution >= 4 is 15.7 Å². The molecule has 3 rings (SSSR count). The number of sulfone groups is 1. The second-order valence-electron chi connectivity index (χ2n) is 7.15. The van der Waals surface area contributed by atoms with Crippen LogP contribution >= 0.6 is 0 Å². The fraction of sp³-hybridized carbons (Fsp3) is 0.400. The molecule has 9 heteroatoms. The fourth-order valence-corrected chi connectivity index (χ4v) is 5.33. The van der Waals surface area contributed by atoms with Gasteiger partial charge in [-0.05, 0) is 56.0 Å². The van der Waals surface area contributed by atoms with Gasteiger partial charge in [0.05, 0.1) is 21.3 Å². The Labute approximate surface area is 167 Å². The predicted molar refractivity (Wildman–Crippen MR) is 101 cm³/mol. The zero-order chi connectivity index (χ0) is 21.2. The van der Waals surface area contributed by atoms with Crippen molar-refractivity contribution in [3.05, 3.63) is 59.9 Å². The van der Waals surface area contributed by atoms with E-state index in [1.165, 1.54) is 19.2 Å². The smallest absolute Gasteiger partial charge is 0.339 e. The van der Waals surface area contributed by atoms with Crippen molar-refractivity contribution in [3.63, 3.8) is 0 Å². The molecule has 0 bridgehead atoms. The van der Waals surface area contributed by atoms with Crippen molar-refractivity contribution in [2.45, 2.75) is 36.1 Å². The molecule has 0 aliphatic carbocycles. The van der Waals surface area contributed by atoms with Crippen molar-refractivity contribution in [1.82, 2.24) is 9.88 Å². The van der Waals surface area contributed by atoms with Gasteiger partial charge in [-0.3, -0.25) is 9.78 Å². The number of hydrogen-bond donors (Lipinski definition) is 0. The normalized spacial score (nSPS) is 17.2. The van der Waals surface area contributed by atoms with E-state index < -0.39 is 26.8 Å². The van der Waals surface area contributed by atoms with E-state index in [0.717, 1.165) is 12.1 Å². The molecule has 1 aliphatic rings. The van der Waals surface area contributed by atoms with E-state index in [4.69, 9.17) is 0 Å². The minimum Gasteiger partial charge on any atom is -0.339 e. The van der Waals surface area contributed by atoms with Gasteiger partial charge in [0.2, 0.25) is 0 Å². The first kappa shape index (κ1) is 21.3. The molecule has 156 valence electrons. The molecule has 1 aliphatic heterocycles. The maximum absolute atomic E-state index is 12.9. The summed E-state index contributed by atoms with van der Waals surface area (Å²) in [6.07, 6.45) is -0.623. The first-order valence-corrected chi connectivity index (χ1v) is 10.8. The number of carbonyl (C=O) groups excluding carboxylic acids is 1. The highest BCUT2D eigenvalue weighted by Crippen LogP contribution is 2.33. The van der Waals surface area contributed by atoms with Crippen LogP contribution in [0.15, 0.2) is 53.7 Å². The number of carbonyl (C=O) groups is 1. The third kappa shape index (κ3) is 4.60. The van der Waals surface area contributed by atoms with E-state index in [1.54, 1.807) is 23.2 Å². The summed E-state index contributed by atoms with van der Waals surface area (Å²) in [4.78, 5) is 17.7. The van der Waals surface area contributed by atoms with Gasteiger partial charge in [-0.25, -0.2) is 8.42 Å². The Morgan fingerprint density at radius 3 is 2.45 bits per heavy atom. The van der Waals surface area contributed by atoms with Gasteiger partial charge in [0.15, 0.2) is 9.84 Å². The molecule has 2 aromatic rings. The summed E-state index contributed by atoms with van der Waals surface area (Å²) in [5.41, 5.74) is -0.516. The van der Waals surface area contributed by atoms with Crippen LogP contribution in [0, 0.1) is 5.92 Å². The van der Waals surface area contributed by atoms with Crippen molar-refractivity contribution < 1.29 is 26.4 Å². The fourth-order valence-electron chi connectivity index (χ4n) is 3.56. The average Bonchev–Trinajstić information content (AvgIpc) is 2.73. The zero-order valence-corrected chi connectivity index (χ0v) is 16.6. The molecule has 0 radical (unpaired) electrons. The molecule has 1 atom stereocenters. The number of nitrogens with zero attached hydrogens (tertiary/aromatic N) is 2. The number of hydrogen-bond acceptors (Lipinski definition) is 4. The standard InChI is InChI=1S/C20H21F3N2O3S/c1-14(29(27,28)18-6-2-5-17(12-18)20(21,22)23)15-7-10-25(11-8-15)19(26)16-4-3-9-24-13-16/h2-6,9,12-15H,7-8,10-11H2,1H3/t14-/m1/s1. The first-order chi connectivity index (χ1) is 13.6. The summed E-state index contributed by atoms with van der Waals surface area (Å²) in [7, 11) is -3.92. The van der Waals surface area contributed by atoms with Gasteiger partial charge >= 0.3 is 6.18 Å². The zero-order valence-electron chi connectivity index (χ0n) is 15.8. The monoisotopic (exact) mass is 426 g/mol. The SMILES string of the molecule is C[C@H](C1CCN(C(=O)c2cccnc2)CC1)S(=O)(=O)c1cccc(C(F)(F)F)c1. The quantitative estimate of drug-likeness (QED) is 0.746. The molecular weight excluding hydrogens is 405 g/mol. The highest BCUT2D eigenvalue weighted by molar-refractivity contribution is 7.92. The van der Waals surface area contributed by atoms with E-state index in [2.05, 4.69) is 4.98 Å². The van der Waals surface area contributed by atoms with Gasteiger partial charge in [-0.15, -0.1) is 0 Å². The largest absolute Gasteiger partial charge is 0.416 e. The lowest BCUT2D eigenvalue weighted by Crippen LogP contribution is -2.42. The van der Waals surface area contributed by atoms with Crippen molar-refractivity contribution in [2.24, 2.45) is 5.92 Å². The number of benzene rings is 1. The maximum Gasteiger partial charge on any atom is 0.416 e. The molecule has 1 aromatic carbocycles. The Morgan fingerprint density at radius 2 is 1.86 bits per heavy atom. The van der Waals surface area contributed by atoms with Crippen LogP contribution in [0.3, 0.4) is 0 Å². The number of halogens is 3. The van der Waals surface area contributed by atoms with Gasteiger partial charge in [0, 0.05) is 25.5 Å². The predicted octanol–water partition coefficient (Wildman–Crippen LogP) is 3.82. The van der Waals surface area contributed by atoms with E-state index in [9.17, 15) is 26.4 Å². The van der Waals surface area contributed by atoms with Crippen molar-refractivity contribution in [3.8, 4) is 0 Å². The Bertz CT molecular complexity index is 970. The number of likely N-dealkylation sites (tertiary alicyclic amines) is 1. The second-order valence-corrected chi connectivity index (χ2v) is 9.45. The number of rotatable bonds is 4. The summed E-state index contributed by atoms with van der Waals surface area (Å²) in [6.45, 7) is 2.31. The molecule has 0 spiro atoms. The Morgan fingerprint density at radius 1 is 1.17 bits per heavy atom. The van der Waals surface area contributed by atoms with E-state index in [-0.39, 0.29) is 16.7 Å². The summed E-state index contributed by atoms with van der Waals surface area (Å²) in [5, 5.41) is -0.846. The van der Waals surface area contributed by atoms with Crippen LogP contribution in [0.5, 0.6) is 0 Å². The minimum atomic E-state index is -4.60. The van der Waals surface area contributed by atoms with E-state index >= 15 is 0 Å². The van der Waals surface area contributed by atoms with Gasteiger partial charge < -0.3 is 4.90 Å². The van der Waals surface area contributed by atoms with Gasteiger partial charge in [-0.1, -0.05) is 6.07 Å². The van der Waals surface area contributed by atoms with Crippen LogP contribution in [-0.4, -0.2) is 42.5 Å². The molecular formula is C20H21F3N2O3S. The van der Waals surface area contributed by atoms with Crippen LogP contribution in [0.1, 0.15) is 35.7 Å². The Balaban J connectivity index is 1.70. The highest BCUT2D eigenvalue weighted by Gasteiger charge is 2.36. The van der Waals surface area contributed by atoms with E-state index in [0.29, 0.717) is 37.6 Å². The summed E-state index contributed by atoms with van der Waals surface area (Å²) in [6, 6.07) is 7.19. The third-order valence-corrected chi connectivity index (χ3v) is 7.65. The number of alkyl halides is 3. The lowest BCUT2D eigenvalue weighted by atomic mass is 9.93.